The molecule has 0 amide bonds. The highest BCUT2D eigenvalue weighted by Gasteiger charge is 2.16. The predicted molar refractivity (Wildman–Crippen MR) is 117 cm³/mol. The van der Waals surface area contributed by atoms with Crippen LogP contribution >= 0.6 is 0 Å². The van der Waals surface area contributed by atoms with Gasteiger partial charge in [0.25, 0.3) is 0 Å². The van der Waals surface area contributed by atoms with Crippen molar-refractivity contribution >= 4 is 22.1 Å². The van der Waals surface area contributed by atoms with Gasteiger partial charge in [-0.2, -0.15) is 10.2 Å². The molecule has 5 aromatic heterocycles. The Labute approximate surface area is 175 Å². The Hall–Kier alpha value is -4.33. The van der Waals surface area contributed by atoms with Crippen LogP contribution in [0, 0.1) is 5.82 Å². The normalized spacial score (nSPS) is 11.5. The van der Waals surface area contributed by atoms with Gasteiger partial charge >= 0.3 is 0 Å². The number of benzene rings is 1. The van der Waals surface area contributed by atoms with Gasteiger partial charge in [0.1, 0.15) is 22.7 Å². The zero-order chi connectivity index (χ0) is 20.9. The molecular weight excluding hydrogens is 393 g/mol. The second-order valence-corrected chi connectivity index (χ2v) is 7.38. The van der Waals surface area contributed by atoms with Crippen molar-refractivity contribution in [1.82, 2.24) is 34.9 Å². The number of halogens is 1. The van der Waals surface area contributed by atoms with Crippen molar-refractivity contribution in [3.63, 3.8) is 0 Å². The molecular formula is C23H16FN7. The molecule has 8 heteroatoms. The lowest BCUT2D eigenvalue weighted by molar-refractivity contribution is 0.628. The van der Waals surface area contributed by atoms with Crippen LogP contribution in [-0.4, -0.2) is 34.9 Å². The van der Waals surface area contributed by atoms with Crippen LogP contribution < -0.4 is 0 Å². The van der Waals surface area contributed by atoms with Gasteiger partial charge in [-0.25, -0.2) is 14.4 Å². The van der Waals surface area contributed by atoms with E-state index in [0.29, 0.717) is 11.3 Å². The Balaban J connectivity index is 1.51. The standard InChI is InChI=1S/C23H16FN7/c1-31-12-14(11-26-31)18-5-6-19-21(27-18)22(30-29-19)20-10-17-16(7-8-25-23(17)28-20)13-3-2-4-15(24)9-13/h2-12H,1H3,(H,25,28)(H,29,30). The maximum atomic E-state index is 13.8. The van der Waals surface area contributed by atoms with Crippen LogP contribution in [0.1, 0.15) is 0 Å². The van der Waals surface area contributed by atoms with Gasteiger partial charge in [0, 0.05) is 30.4 Å². The molecule has 0 aliphatic heterocycles. The molecule has 0 radical (unpaired) electrons. The van der Waals surface area contributed by atoms with Gasteiger partial charge in [-0.05, 0) is 47.5 Å². The van der Waals surface area contributed by atoms with Crippen molar-refractivity contribution in [3.05, 3.63) is 72.9 Å². The van der Waals surface area contributed by atoms with Gasteiger partial charge in [-0.3, -0.25) is 9.78 Å². The first-order chi connectivity index (χ1) is 15.2. The van der Waals surface area contributed by atoms with Crippen LogP contribution in [0.25, 0.3) is 55.8 Å². The second kappa shape index (κ2) is 6.60. The van der Waals surface area contributed by atoms with Crippen molar-refractivity contribution in [2.75, 3.05) is 0 Å². The summed E-state index contributed by atoms with van der Waals surface area (Å²) in [5.41, 5.74) is 7.22. The van der Waals surface area contributed by atoms with Crippen molar-refractivity contribution < 1.29 is 4.39 Å². The number of pyridine rings is 2. The van der Waals surface area contributed by atoms with Crippen LogP contribution in [0.3, 0.4) is 0 Å². The molecule has 31 heavy (non-hydrogen) atoms. The van der Waals surface area contributed by atoms with E-state index in [0.717, 1.165) is 44.5 Å². The Morgan fingerprint density at radius 2 is 1.97 bits per heavy atom. The van der Waals surface area contributed by atoms with E-state index < -0.39 is 0 Å². The lowest BCUT2D eigenvalue weighted by Crippen LogP contribution is -1.86. The fourth-order valence-electron chi connectivity index (χ4n) is 3.86. The molecule has 0 saturated heterocycles. The summed E-state index contributed by atoms with van der Waals surface area (Å²) in [5, 5.41) is 12.7. The maximum Gasteiger partial charge on any atom is 0.138 e. The number of nitrogens with one attached hydrogen (secondary N) is 2. The van der Waals surface area contributed by atoms with Crippen molar-refractivity contribution in [3.8, 4) is 33.8 Å². The second-order valence-electron chi connectivity index (χ2n) is 7.38. The van der Waals surface area contributed by atoms with Crippen molar-refractivity contribution in [1.29, 1.82) is 0 Å². The molecule has 0 bridgehead atoms. The molecule has 2 N–H and O–H groups in total. The minimum Gasteiger partial charge on any atom is -0.338 e. The molecule has 0 atom stereocenters. The molecule has 0 aliphatic rings. The highest BCUT2D eigenvalue weighted by molar-refractivity contribution is 5.99. The Kier molecular flexibility index (Phi) is 3.73. The highest BCUT2D eigenvalue weighted by atomic mass is 19.1. The lowest BCUT2D eigenvalue weighted by Gasteiger charge is -2.02. The molecule has 0 spiro atoms. The number of hydrogen-bond donors (Lipinski definition) is 2. The van der Waals surface area contributed by atoms with Crippen LogP contribution in [0.4, 0.5) is 4.39 Å². The molecule has 6 rings (SSSR count). The van der Waals surface area contributed by atoms with Gasteiger partial charge in [0.2, 0.25) is 0 Å². The summed E-state index contributed by atoms with van der Waals surface area (Å²) in [6.45, 7) is 0. The molecule has 5 heterocycles. The zero-order valence-corrected chi connectivity index (χ0v) is 16.5. The van der Waals surface area contributed by atoms with Crippen LogP contribution in [0.5, 0.6) is 0 Å². The maximum absolute atomic E-state index is 13.8. The van der Waals surface area contributed by atoms with E-state index in [1.54, 1.807) is 23.1 Å². The number of aromatic nitrogens is 7. The van der Waals surface area contributed by atoms with E-state index in [1.807, 2.05) is 43.6 Å². The summed E-state index contributed by atoms with van der Waals surface area (Å²) in [4.78, 5) is 12.6. The van der Waals surface area contributed by atoms with E-state index in [1.165, 1.54) is 12.1 Å². The van der Waals surface area contributed by atoms with E-state index >= 15 is 0 Å². The summed E-state index contributed by atoms with van der Waals surface area (Å²) in [7, 11) is 1.87. The average molecular weight is 409 g/mol. The molecule has 150 valence electrons. The molecule has 0 unspecified atom stereocenters. The Morgan fingerprint density at radius 3 is 2.81 bits per heavy atom. The predicted octanol–water partition coefficient (Wildman–Crippen LogP) is 4.71. The highest BCUT2D eigenvalue weighted by Crippen LogP contribution is 2.33. The smallest absolute Gasteiger partial charge is 0.138 e. The topological polar surface area (TPSA) is 88.1 Å². The molecule has 0 aliphatic carbocycles. The zero-order valence-electron chi connectivity index (χ0n) is 16.5. The third kappa shape index (κ3) is 2.88. The van der Waals surface area contributed by atoms with E-state index in [-0.39, 0.29) is 5.82 Å². The van der Waals surface area contributed by atoms with E-state index in [4.69, 9.17) is 4.98 Å². The third-order valence-corrected chi connectivity index (χ3v) is 5.33. The number of H-pyrrole nitrogens is 2. The number of aromatic amines is 2. The van der Waals surface area contributed by atoms with Gasteiger partial charge in [-0.1, -0.05) is 12.1 Å². The quantitative estimate of drug-likeness (QED) is 0.443. The molecule has 0 fully saturated rings. The fraction of sp³-hybridized carbons (Fsp3) is 0.0435. The van der Waals surface area contributed by atoms with Crippen molar-refractivity contribution in [2.24, 2.45) is 7.05 Å². The van der Waals surface area contributed by atoms with Gasteiger partial charge < -0.3 is 4.98 Å². The minimum absolute atomic E-state index is 0.274. The van der Waals surface area contributed by atoms with Crippen LogP contribution in [0.15, 0.2) is 67.1 Å². The van der Waals surface area contributed by atoms with Crippen LogP contribution in [0.2, 0.25) is 0 Å². The molecule has 1 aromatic carbocycles. The fourth-order valence-corrected chi connectivity index (χ4v) is 3.86. The first-order valence-electron chi connectivity index (χ1n) is 9.74. The Morgan fingerprint density at radius 1 is 1.03 bits per heavy atom. The largest absolute Gasteiger partial charge is 0.338 e. The number of hydrogen-bond acceptors (Lipinski definition) is 4. The molecule has 6 aromatic rings. The first kappa shape index (κ1) is 17.5. The Bertz CT molecular complexity index is 1570. The van der Waals surface area contributed by atoms with E-state index in [2.05, 4.69) is 25.3 Å². The summed E-state index contributed by atoms with van der Waals surface area (Å²) in [6, 6.07) is 14.3. The summed E-state index contributed by atoms with van der Waals surface area (Å²) < 4.78 is 15.5. The van der Waals surface area contributed by atoms with Crippen LogP contribution in [-0.2, 0) is 7.05 Å². The minimum atomic E-state index is -0.274. The summed E-state index contributed by atoms with van der Waals surface area (Å²) >= 11 is 0. The summed E-state index contributed by atoms with van der Waals surface area (Å²) in [6.07, 6.45) is 5.42. The number of fused-ring (bicyclic) bond motifs is 2. The average Bonchev–Trinajstić information content (AvgIpc) is 3.50. The third-order valence-electron chi connectivity index (χ3n) is 5.33. The number of aryl methyl sites for hydroxylation is 1. The first-order valence-corrected chi connectivity index (χ1v) is 9.74. The number of rotatable bonds is 3. The lowest BCUT2D eigenvalue weighted by atomic mass is 10.0. The van der Waals surface area contributed by atoms with Gasteiger partial charge in [0.15, 0.2) is 0 Å². The van der Waals surface area contributed by atoms with Crippen molar-refractivity contribution in [2.45, 2.75) is 0 Å². The SMILES string of the molecule is Cn1cc(-c2ccc3[nH]nc(-c4cc5c(-c6cccc(F)c6)ccnc5[nH]4)c3n2)cn1. The number of nitrogens with zero attached hydrogens (tertiary/aromatic N) is 5. The van der Waals surface area contributed by atoms with E-state index in [9.17, 15) is 4.39 Å². The molecule has 0 saturated carbocycles. The summed E-state index contributed by atoms with van der Waals surface area (Å²) in [5.74, 6) is -0.274. The molecule has 7 nitrogen and oxygen atoms in total. The van der Waals surface area contributed by atoms with Gasteiger partial charge in [0.05, 0.1) is 23.1 Å². The van der Waals surface area contributed by atoms with Gasteiger partial charge in [-0.15, -0.1) is 0 Å². The monoisotopic (exact) mass is 409 g/mol.